The summed E-state index contributed by atoms with van der Waals surface area (Å²) in [4.78, 5) is 11.8. The first-order chi connectivity index (χ1) is 9.31. The van der Waals surface area contributed by atoms with Crippen LogP contribution in [0.4, 0.5) is 4.79 Å². The molecule has 0 heterocycles. The monoisotopic (exact) mass is 302 g/mol. The van der Waals surface area contributed by atoms with Gasteiger partial charge in [0.25, 0.3) is 10.0 Å². The van der Waals surface area contributed by atoms with Crippen molar-refractivity contribution in [1.29, 1.82) is 0 Å². The second kappa shape index (κ2) is 6.58. The highest BCUT2D eigenvalue weighted by Crippen LogP contribution is 2.24. The Morgan fingerprint density at radius 3 is 2.45 bits per heavy atom. The molecule has 2 amide bonds. The number of sulfonamides is 1. The van der Waals surface area contributed by atoms with Crippen molar-refractivity contribution in [3.05, 3.63) is 23.8 Å². The number of primary amides is 1. The quantitative estimate of drug-likeness (QED) is 0.549. The summed E-state index contributed by atoms with van der Waals surface area (Å²) >= 11 is 0. The van der Waals surface area contributed by atoms with Crippen LogP contribution in [-0.4, -0.2) is 32.6 Å². The minimum atomic E-state index is -4.07. The molecule has 0 bridgehead atoms. The maximum Gasteiger partial charge on any atom is 0.326 e. The van der Waals surface area contributed by atoms with E-state index in [0.29, 0.717) is 6.54 Å². The molecule has 0 fully saturated rings. The molecule has 0 spiro atoms. The van der Waals surface area contributed by atoms with Crippen molar-refractivity contribution in [3.8, 4) is 5.75 Å². The van der Waals surface area contributed by atoms with Gasteiger partial charge in [-0.15, -0.1) is 0 Å². The maximum absolute atomic E-state index is 12.0. The Bertz CT molecular complexity index is 582. The van der Waals surface area contributed by atoms with E-state index in [1.165, 1.54) is 18.2 Å². The van der Waals surface area contributed by atoms with Gasteiger partial charge in [-0.2, -0.15) is 0 Å². The summed E-state index contributed by atoms with van der Waals surface area (Å²) in [5, 5.41) is 9.91. The van der Waals surface area contributed by atoms with Gasteiger partial charge in [-0.1, -0.05) is 6.07 Å². The van der Waals surface area contributed by atoms with Gasteiger partial charge in [-0.25, -0.2) is 17.9 Å². The van der Waals surface area contributed by atoms with Gasteiger partial charge in [0.1, 0.15) is 17.2 Å². The average molecular weight is 302 g/mol. The Morgan fingerprint density at radius 1 is 1.35 bits per heavy atom. The van der Waals surface area contributed by atoms with Crippen molar-refractivity contribution < 1.29 is 23.2 Å². The number of hydrogen-bond acceptors (Lipinski definition) is 4. The van der Waals surface area contributed by atoms with Crippen LogP contribution in [0, 0.1) is 0 Å². The normalized spacial score (nSPS) is 11.6. The number of carbonyl (C=O) groups is 1. The van der Waals surface area contributed by atoms with Gasteiger partial charge in [0.05, 0.1) is 18.7 Å². The summed E-state index contributed by atoms with van der Waals surface area (Å²) in [6.07, 6.45) is 0. The van der Waals surface area contributed by atoms with Crippen molar-refractivity contribution in [1.82, 2.24) is 4.72 Å². The van der Waals surface area contributed by atoms with Crippen molar-refractivity contribution >= 4 is 16.1 Å². The summed E-state index contributed by atoms with van der Waals surface area (Å²) in [5.41, 5.74) is 5.14. The van der Waals surface area contributed by atoms with Crippen LogP contribution in [-0.2, 0) is 16.6 Å². The molecule has 0 aliphatic rings. The van der Waals surface area contributed by atoms with Crippen LogP contribution in [0.5, 0.6) is 5.75 Å². The topological polar surface area (TPSA) is 114 Å². The first-order valence-corrected chi connectivity index (χ1v) is 7.76. The minimum absolute atomic E-state index is 0.114. The summed E-state index contributed by atoms with van der Waals surface area (Å²) in [6, 6.07) is 3.01. The molecule has 0 radical (unpaired) electrons. The second-order valence-electron chi connectivity index (χ2n) is 4.36. The summed E-state index contributed by atoms with van der Waals surface area (Å²) < 4.78 is 25.8. The zero-order valence-electron chi connectivity index (χ0n) is 11.5. The van der Waals surface area contributed by atoms with Crippen LogP contribution in [0.3, 0.4) is 0 Å². The molecular weight excluding hydrogens is 282 g/mol. The van der Waals surface area contributed by atoms with Crippen LogP contribution in [0.2, 0.25) is 0 Å². The largest absolute Gasteiger partial charge is 0.507 e. The number of phenols is 1. The molecule has 0 aliphatic heterocycles. The zero-order valence-corrected chi connectivity index (χ0v) is 12.3. The van der Waals surface area contributed by atoms with Gasteiger partial charge in [-0.05, 0) is 26.0 Å². The number of phenolic OH excluding ortho intramolecular Hbond substituents is 1. The Kier molecular flexibility index (Phi) is 5.34. The second-order valence-corrected chi connectivity index (χ2v) is 6.01. The number of amides is 2. The van der Waals surface area contributed by atoms with Crippen LogP contribution in [0.1, 0.15) is 19.4 Å². The number of benzene rings is 1. The molecule has 0 saturated heterocycles. The van der Waals surface area contributed by atoms with Gasteiger partial charge >= 0.3 is 6.03 Å². The first kappa shape index (κ1) is 16.3. The summed E-state index contributed by atoms with van der Waals surface area (Å²) in [7, 11) is -4.07. The number of hydrogen-bond donors (Lipinski definition) is 4. The number of nitrogens with one attached hydrogen (secondary N) is 2. The van der Waals surface area contributed by atoms with E-state index >= 15 is 0 Å². The van der Waals surface area contributed by atoms with Gasteiger partial charge in [0.2, 0.25) is 0 Å². The van der Waals surface area contributed by atoms with E-state index in [1.54, 1.807) is 4.72 Å². The predicted octanol–water partition coefficient (Wildman–Crippen LogP) is -0.826. The molecule has 20 heavy (non-hydrogen) atoms. The van der Waals surface area contributed by atoms with E-state index < -0.39 is 16.1 Å². The molecular formula is C12H20N3O4S+. The highest BCUT2D eigenvalue weighted by Gasteiger charge is 2.24. The molecule has 0 saturated carbocycles. The van der Waals surface area contributed by atoms with E-state index in [0.717, 1.165) is 18.0 Å². The smallest absolute Gasteiger partial charge is 0.326 e. The van der Waals surface area contributed by atoms with Crippen molar-refractivity contribution in [2.75, 3.05) is 13.1 Å². The van der Waals surface area contributed by atoms with E-state index in [2.05, 4.69) is 0 Å². The van der Waals surface area contributed by atoms with Crippen molar-refractivity contribution in [2.45, 2.75) is 25.3 Å². The number of aromatic hydroxyl groups is 1. The SMILES string of the molecule is CC[NH+](CC)Cc1c(O)cccc1S(=O)(=O)NC(N)=O. The number of nitrogens with two attached hydrogens (primary N) is 1. The van der Waals surface area contributed by atoms with Gasteiger partial charge in [0.15, 0.2) is 0 Å². The van der Waals surface area contributed by atoms with Crippen molar-refractivity contribution in [3.63, 3.8) is 0 Å². The van der Waals surface area contributed by atoms with Gasteiger partial charge in [0, 0.05) is 0 Å². The molecule has 1 aromatic rings. The summed E-state index contributed by atoms with van der Waals surface area (Å²) in [6.45, 7) is 5.85. The van der Waals surface area contributed by atoms with E-state index in [-0.39, 0.29) is 16.2 Å². The number of carbonyl (C=O) groups excluding carboxylic acids is 1. The van der Waals surface area contributed by atoms with Crippen LogP contribution < -0.4 is 15.4 Å². The highest BCUT2D eigenvalue weighted by molar-refractivity contribution is 7.90. The molecule has 5 N–H and O–H groups in total. The van der Waals surface area contributed by atoms with Crippen LogP contribution in [0.15, 0.2) is 23.1 Å². The molecule has 0 atom stereocenters. The first-order valence-electron chi connectivity index (χ1n) is 6.28. The lowest BCUT2D eigenvalue weighted by Crippen LogP contribution is -3.10. The lowest BCUT2D eigenvalue weighted by Gasteiger charge is -2.18. The third kappa shape index (κ3) is 3.84. The fraction of sp³-hybridized carbons (Fsp3) is 0.417. The fourth-order valence-electron chi connectivity index (χ4n) is 1.92. The number of rotatable bonds is 6. The highest BCUT2D eigenvalue weighted by atomic mass is 32.2. The fourth-order valence-corrected chi connectivity index (χ4v) is 3.05. The average Bonchev–Trinajstić information content (AvgIpc) is 2.35. The molecule has 1 rings (SSSR count). The van der Waals surface area contributed by atoms with Gasteiger partial charge < -0.3 is 15.7 Å². The molecule has 0 aliphatic carbocycles. The predicted molar refractivity (Wildman–Crippen MR) is 73.8 cm³/mol. The van der Waals surface area contributed by atoms with E-state index in [9.17, 15) is 18.3 Å². The maximum atomic E-state index is 12.0. The standard InChI is InChI=1S/C12H19N3O4S/c1-3-15(4-2)8-9-10(16)6-5-7-11(9)20(18,19)14-12(13)17/h5-7,16H,3-4,8H2,1-2H3,(H3,13,14,17)/p+1. The van der Waals surface area contributed by atoms with Gasteiger partial charge in [-0.3, -0.25) is 0 Å². The lowest BCUT2D eigenvalue weighted by atomic mass is 10.2. The van der Waals surface area contributed by atoms with Crippen LogP contribution >= 0.6 is 0 Å². The number of quaternary nitrogens is 1. The third-order valence-electron chi connectivity index (χ3n) is 3.06. The Labute approximate surface area is 118 Å². The Hall–Kier alpha value is -1.80. The third-order valence-corrected chi connectivity index (χ3v) is 4.49. The lowest BCUT2D eigenvalue weighted by molar-refractivity contribution is -0.910. The number of urea groups is 1. The zero-order chi connectivity index (χ0) is 15.3. The van der Waals surface area contributed by atoms with Crippen LogP contribution in [0.25, 0.3) is 0 Å². The molecule has 8 heteroatoms. The van der Waals surface area contributed by atoms with E-state index in [1.807, 2.05) is 13.8 Å². The van der Waals surface area contributed by atoms with E-state index in [4.69, 9.17) is 5.73 Å². The molecule has 7 nitrogen and oxygen atoms in total. The Balaban J connectivity index is 3.27. The molecule has 112 valence electrons. The Morgan fingerprint density at radius 2 is 1.95 bits per heavy atom. The minimum Gasteiger partial charge on any atom is -0.507 e. The molecule has 0 unspecified atom stereocenters. The summed E-state index contributed by atoms with van der Waals surface area (Å²) in [5.74, 6) is -0.114. The van der Waals surface area contributed by atoms with Crippen molar-refractivity contribution in [2.24, 2.45) is 5.73 Å². The molecule has 0 aromatic heterocycles. The molecule has 1 aromatic carbocycles.